The highest BCUT2D eigenvalue weighted by molar-refractivity contribution is 5.47. The normalized spacial score (nSPS) is 22.1. The van der Waals surface area contributed by atoms with E-state index in [-0.39, 0.29) is 0 Å². The summed E-state index contributed by atoms with van der Waals surface area (Å²) in [6.07, 6.45) is 11.9. The Morgan fingerprint density at radius 1 is 1.15 bits per heavy atom. The molecule has 1 saturated carbocycles. The van der Waals surface area contributed by atoms with Crippen LogP contribution in [-0.4, -0.2) is 25.1 Å². The van der Waals surface area contributed by atoms with E-state index in [1.807, 2.05) is 19.3 Å². The molecule has 110 valence electrons. The predicted octanol–water partition coefficient (Wildman–Crippen LogP) is 3.35. The van der Waals surface area contributed by atoms with Crippen LogP contribution >= 0.6 is 0 Å². The van der Waals surface area contributed by atoms with Crippen LogP contribution in [0.1, 0.15) is 50.5 Å². The zero-order valence-electron chi connectivity index (χ0n) is 12.7. The second-order valence-corrected chi connectivity index (χ2v) is 6.56. The van der Waals surface area contributed by atoms with E-state index in [2.05, 4.69) is 21.3 Å². The number of aromatic nitrogens is 1. The number of piperidine rings is 1. The minimum atomic E-state index is 0.673. The van der Waals surface area contributed by atoms with E-state index in [0.29, 0.717) is 5.41 Å². The van der Waals surface area contributed by atoms with E-state index in [4.69, 9.17) is 0 Å². The monoisotopic (exact) mass is 273 g/mol. The smallest absolute Gasteiger partial charge is 0.133 e. The first-order valence-corrected chi connectivity index (χ1v) is 8.16. The highest BCUT2D eigenvalue weighted by Gasteiger charge is 2.35. The number of hydrogen-bond acceptors (Lipinski definition) is 3. The van der Waals surface area contributed by atoms with Crippen molar-refractivity contribution in [2.75, 3.05) is 25.0 Å². The standard InChI is InChI=1S/C17H27N3/c1-18-14-15-6-5-11-19-16(15)20-12-9-17(10-13-20)7-3-2-4-8-17/h5-6,11,18H,2-4,7-10,12-14H2,1H3. The molecule has 2 aliphatic rings. The summed E-state index contributed by atoms with van der Waals surface area (Å²) in [5.74, 6) is 1.20. The van der Waals surface area contributed by atoms with Crippen molar-refractivity contribution in [2.45, 2.75) is 51.5 Å². The van der Waals surface area contributed by atoms with Gasteiger partial charge in [0.15, 0.2) is 0 Å². The fourth-order valence-corrected chi connectivity index (χ4v) is 4.04. The highest BCUT2D eigenvalue weighted by atomic mass is 15.2. The van der Waals surface area contributed by atoms with Gasteiger partial charge in [0, 0.05) is 31.4 Å². The molecule has 3 heteroatoms. The molecule has 0 radical (unpaired) electrons. The predicted molar refractivity (Wildman–Crippen MR) is 84.0 cm³/mol. The lowest BCUT2D eigenvalue weighted by molar-refractivity contribution is 0.144. The molecule has 2 heterocycles. The zero-order valence-corrected chi connectivity index (χ0v) is 12.7. The fraction of sp³-hybridized carbons (Fsp3) is 0.706. The summed E-state index contributed by atoms with van der Waals surface area (Å²) in [5.41, 5.74) is 2.00. The fourth-order valence-electron chi connectivity index (χ4n) is 4.04. The van der Waals surface area contributed by atoms with Crippen LogP contribution < -0.4 is 10.2 Å². The van der Waals surface area contributed by atoms with Crippen LogP contribution in [0.25, 0.3) is 0 Å². The summed E-state index contributed by atoms with van der Waals surface area (Å²) in [6, 6.07) is 4.24. The molecular weight excluding hydrogens is 246 g/mol. The SMILES string of the molecule is CNCc1cccnc1N1CCC2(CCCCC2)CC1. The molecule has 1 aromatic rings. The van der Waals surface area contributed by atoms with E-state index in [9.17, 15) is 0 Å². The lowest BCUT2D eigenvalue weighted by Gasteiger charge is -2.45. The van der Waals surface area contributed by atoms with E-state index in [0.717, 1.165) is 6.54 Å². The van der Waals surface area contributed by atoms with Crippen LogP contribution in [0, 0.1) is 5.41 Å². The lowest BCUT2D eigenvalue weighted by atomic mass is 9.68. The van der Waals surface area contributed by atoms with Crippen LogP contribution in [0.4, 0.5) is 5.82 Å². The van der Waals surface area contributed by atoms with Gasteiger partial charge in [0.2, 0.25) is 0 Å². The Hall–Kier alpha value is -1.09. The van der Waals surface area contributed by atoms with E-state index < -0.39 is 0 Å². The molecule has 0 amide bonds. The molecule has 1 aliphatic carbocycles. The number of rotatable bonds is 3. The van der Waals surface area contributed by atoms with E-state index in [1.165, 1.54) is 69.4 Å². The topological polar surface area (TPSA) is 28.2 Å². The first-order valence-electron chi connectivity index (χ1n) is 8.16. The van der Waals surface area contributed by atoms with Crippen molar-refractivity contribution >= 4 is 5.82 Å². The minimum Gasteiger partial charge on any atom is -0.356 e. The van der Waals surface area contributed by atoms with Gasteiger partial charge >= 0.3 is 0 Å². The third-order valence-corrected chi connectivity index (χ3v) is 5.27. The summed E-state index contributed by atoms with van der Waals surface area (Å²) in [5, 5.41) is 3.25. The average molecular weight is 273 g/mol. The quantitative estimate of drug-likeness (QED) is 0.915. The van der Waals surface area contributed by atoms with Gasteiger partial charge in [-0.15, -0.1) is 0 Å². The average Bonchev–Trinajstić information content (AvgIpc) is 2.50. The van der Waals surface area contributed by atoms with Crippen molar-refractivity contribution in [3.63, 3.8) is 0 Å². The Balaban J connectivity index is 1.68. The first-order chi connectivity index (χ1) is 9.83. The van der Waals surface area contributed by atoms with Gasteiger partial charge in [0.25, 0.3) is 0 Å². The molecule has 1 saturated heterocycles. The Morgan fingerprint density at radius 2 is 1.90 bits per heavy atom. The highest BCUT2D eigenvalue weighted by Crippen LogP contribution is 2.45. The maximum absolute atomic E-state index is 4.64. The van der Waals surface area contributed by atoms with Crippen molar-refractivity contribution in [1.82, 2.24) is 10.3 Å². The van der Waals surface area contributed by atoms with Crippen molar-refractivity contribution in [3.05, 3.63) is 23.9 Å². The summed E-state index contributed by atoms with van der Waals surface area (Å²) in [6.45, 7) is 3.28. The summed E-state index contributed by atoms with van der Waals surface area (Å²) >= 11 is 0. The lowest BCUT2D eigenvalue weighted by Crippen LogP contribution is -2.42. The minimum absolute atomic E-state index is 0.673. The molecule has 3 nitrogen and oxygen atoms in total. The second-order valence-electron chi connectivity index (χ2n) is 6.56. The van der Waals surface area contributed by atoms with Gasteiger partial charge in [0.05, 0.1) is 0 Å². The van der Waals surface area contributed by atoms with Crippen molar-refractivity contribution in [2.24, 2.45) is 5.41 Å². The summed E-state index contributed by atoms with van der Waals surface area (Å²) in [4.78, 5) is 7.15. The van der Waals surface area contributed by atoms with Crippen LogP contribution in [0.3, 0.4) is 0 Å². The molecule has 1 aliphatic heterocycles. The molecule has 3 rings (SSSR count). The Morgan fingerprint density at radius 3 is 2.60 bits per heavy atom. The molecular formula is C17H27N3. The Kier molecular flexibility index (Phi) is 4.25. The maximum atomic E-state index is 4.64. The van der Waals surface area contributed by atoms with Crippen molar-refractivity contribution < 1.29 is 0 Å². The third kappa shape index (κ3) is 2.83. The number of nitrogens with one attached hydrogen (secondary N) is 1. The number of hydrogen-bond donors (Lipinski definition) is 1. The van der Waals surface area contributed by atoms with Gasteiger partial charge in [-0.25, -0.2) is 4.98 Å². The van der Waals surface area contributed by atoms with Crippen LogP contribution in [-0.2, 0) is 6.54 Å². The molecule has 0 unspecified atom stereocenters. The van der Waals surface area contributed by atoms with Gasteiger partial charge in [-0.3, -0.25) is 0 Å². The Bertz CT molecular complexity index is 428. The largest absolute Gasteiger partial charge is 0.356 e. The van der Waals surface area contributed by atoms with Crippen LogP contribution in [0.15, 0.2) is 18.3 Å². The molecule has 2 fully saturated rings. The number of nitrogens with zero attached hydrogens (tertiary/aromatic N) is 2. The molecule has 1 aromatic heterocycles. The second kappa shape index (κ2) is 6.13. The van der Waals surface area contributed by atoms with Crippen LogP contribution in [0.5, 0.6) is 0 Å². The molecule has 0 atom stereocenters. The third-order valence-electron chi connectivity index (χ3n) is 5.27. The van der Waals surface area contributed by atoms with Gasteiger partial charge in [-0.2, -0.15) is 0 Å². The van der Waals surface area contributed by atoms with E-state index in [1.54, 1.807) is 0 Å². The van der Waals surface area contributed by atoms with E-state index >= 15 is 0 Å². The van der Waals surface area contributed by atoms with Gasteiger partial charge in [0.1, 0.15) is 5.82 Å². The van der Waals surface area contributed by atoms with Crippen molar-refractivity contribution in [1.29, 1.82) is 0 Å². The molecule has 0 bridgehead atoms. The summed E-state index contributed by atoms with van der Waals surface area (Å²) in [7, 11) is 2.00. The maximum Gasteiger partial charge on any atom is 0.133 e. The summed E-state index contributed by atoms with van der Waals surface area (Å²) < 4.78 is 0. The van der Waals surface area contributed by atoms with Crippen molar-refractivity contribution in [3.8, 4) is 0 Å². The first kappa shape index (κ1) is 13.9. The van der Waals surface area contributed by atoms with Crippen LogP contribution in [0.2, 0.25) is 0 Å². The Labute approximate surface area is 122 Å². The zero-order chi connectivity index (χ0) is 13.8. The van der Waals surface area contributed by atoms with Gasteiger partial charge < -0.3 is 10.2 Å². The molecule has 1 N–H and O–H groups in total. The molecule has 20 heavy (non-hydrogen) atoms. The number of pyridine rings is 1. The number of anilines is 1. The molecule has 1 spiro atoms. The molecule has 0 aromatic carbocycles. The van der Waals surface area contributed by atoms with Gasteiger partial charge in [-0.1, -0.05) is 25.3 Å². The van der Waals surface area contributed by atoms with Gasteiger partial charge in [-0.05, 0) is 44.2 Å².